The van der Waals surface area contributed by atoms with Crippen molar-refractivity contribution in [2.75, 3.05) is 7.11 Å². The van der Waals surface area contributed by atoms with E-state index in [1.54, 1.807) is 31.5 Å². The Hall–Kier alpha value is -2.14. The van der Waals surface area contributed by atoms with Crippen molar-refractivity contribution >= 4 is 17.2 Å². The van der Waals surface area contributed by atoms with Crippen LogP contribution in [-0.4, -0.2) is 17.1 Å². The Balaban J connectivity index is 2.15. The van der Waals surface area contributed by atoms with Gasteiger partial charge in [0, 0.05) is 23.9 Å². The van der Waals surface area contributed by atoms with Gasteiger partial charge in [0.1, 0.15) is 16.5 Å². The molecule has 2 rings (SSSR count). The molecule has 0 saturated carbocycles. The van der Waals surface area contributed by atoms with Gasteiger partial charge in [-0.2, -0.15) is 0 Å². The van der Waals surface area contributed by atoms with Crippen LogP contribution < -0.4 is 15.2 Å². The summed E-state index contributed by atoms with van der Waals surface area (Å²) in [5.41, 5.74) is 6.20. The summed E-state index contributed by atoms with van der Waals surface area (Å²) < 4.78 is 10.7. The number of aromatic nitrogens is 1. The van der Waals surface area contributed by atoms with Gasteiger partial charge in [0.25, 0.3) is 0 Å². The SMILES string of the molecule is COc1cccc(Oc2ccc(C(N)=S)cn2)c1. The molecule has 2 N–H and O–H groups in total. The standard InChI is InChI=1S/C13H12N2O2S/c1-16-10-3-2-4-11(7-10)17-12-6-5-9(8-15-12)13(14)18/h2-8H,1H3,(H2,14,18). The summed E-state index contributed by atoms with van der Waals surface area (Å²) in [6, 6.07) is 10.8. The van der Waals surface area contributed by atoms with Crippen LogP contribution in [-0.2, 0) is 0 Å². The van der Waals surface area contributed by atoms with Gasteiger partial charge >= 0.3 is 0 Å². The minimum atomic E-state index is 0.315. The fraction of sp³-hybridized carbons (Fsp3) is 0.0769. The molecule has 5 heteroatoms. The Labute approximate surface area is 110 Å². The van der Waals surface area contributed by atoms with Crippen LogP contribution in [0, 0.1) is 0 Å². The lowest BCUT2D eigenvalue weighted by atomic mass is 10.3. The molecule has 0 fully saturated rings. The summed E-state index contributed by atoms with van der Waals surface area (Å²) in [5, 5.41) is 0. The fourth-order valence-corrected chi connectivity index (χ4v) is 1.49. The first-order chi connectivity index (χ1) is 8.69. The summed E-state index contributed by atoms with van der Waals surface area (Å²) in [6.45, 7) is 0. The van der Waals surface area contributed by atoms with Crippen LogP contribution in [0.5, 0.6) is 17.4 Å². The van der Waals surface area contributed by atoms with E-state index in [0.29, 0.717) is 22.2 Å². The quantitative estimate of drug-likeness (QED) is 0.856. The van der Waals surface area contributed by atoms with Crippen molar-refractivity contribution in [3.63, 3.8) is 0 Å². The molecule has 0 amide bonds. The van der Waals surface area contributed by atoms with Crippen molar-refractivity contribution in [2.45, 2.75) is 0 Å². The van der Waals surface area contributed by atoms with Gasteiger partial charge in [0.2, 0.25) is 5.88 Å². The predicted octanol–water partition coefficient (Wildman–Crippen LogP) is 2.52. The molecule has 0 aliphatic carbocycles. The van der Waals surface area contributed by atoms with E-state index < -0.39 is 0 Å². The van der Waals surface area contributed by atoms with Gasteiger partial charge in [0.15, 0.2) is 0 Å². The second-order valence-electron chi connectivity index (χ2n) is 3.53. The lowest BCUT2D eigenvalue weighted by Gasteiger charge is -2.06. The number of methoxy groups -OCH3 is 1. The van der Waals surface area contributed by atoms with Gasteiger partial charge in [-0.05, 0) is 18.2 Å². The second-order valence-corrected chi connectivity index (χ2v) is 3.97. The zero-order valence-electron chi connectivity index (χ0n) is 9.79. The van der Waals surface area contributed by atoms with E-state index in [2.05, 4.69) is 4.98 Å². The van der Waals surface area contributed by atoms with Crippen LogP contribution in [0.4, 0.5) is 0 Å². The van der Waals surface area contributed by atoms with Crippen LogP contribution in [0.1, 0.15) is 5.56 Å². The molecule has 1 heterocycles. The Bertz CT molecular complexity index is 555. The van der Waals surface area contributed by atoms with E-state index in [1.165, 1.54) is 0 Å². The molecule has 0 radical (unpaired) electrons. The van der Waals surface area contributed by atoms with Crippen LogP contribution in [0.2, 0.25) is 0 Å². The first-order valence-corrected chi connectivity index (χ1v) is 5.67. The molecule has 0 saturated heterocycles. The van der Waals surface area contributed by atoms with E-state index in [0.717, 1.165) is 5.75 Å². The fourth-order valence-electron chi connectivity index (χ4n) is 1.37. The molecule has 18 heavy (non-hydrogen) atoms. The molecule has 4 nitrogen and oxygen atoms in total. The number of pyridine rings is 1. The number of nitrogens with two attached hydrogens (primary N) is 1. The van der Waals surface area contributed by atoms with Crippen molar-refractivity contribution in [3.05, 3.63) is 48.2 Å². The number of rotatable bonds is 4. The van der Waals surface area contributed by atoms with Gasteiger partial charge in [-0.3, -0.25) is 0 Å². The minimum absolute atomic E-state index is 0.315. The maximum atomic E-state index is 5.58. The molecule has 0 unspecified atom stereocenters. The topological polar surface area (TPSA) is 57.4 Å². The molecule has 2 aromatic rings. The molecule has 0 aliphatic rings. The second kappa shape index (κ2) is 5.46. The maximum absolute atomic E-state index is 5.58. The average molecular weight is 260 g/mol. The third kappa shape index (κ3) is 2.95. The number of hydrogen-bond acceptors (Lipinski definition) is 4. The molecular formula is C13H12N2O2S. The maximum Gasteiger partial charge on any atom is 0.219 e. The summed E-state index contributed by atoms with van der Waals surface area (Å²) in [6.07, 6.45) is 1.58. The van der Waals surface area contributed by atoms with Gasteiger partial charge < -0.3 is 15.2 Å². The van der Waals surface area contributed by atoms with E-state index in [4.69, 9.17) is 27.4 Å². The highest BCUT2D eigenvalue weighted by molar-refractivity contribution is 7.80. The highest BCUT2D eigenvalue weighted by Gasteiger charge is 2.02. The summed E-state index contributed by atoms with van der Waals surface area (Å²) in [4.78, 5) is 4.44. The Morgan fingerprint density at radius 1 is 1.22 bits per heavy atom. The minimum Gasteiger partial charge on any atom is -0.497 e. The number of hydrogen-bond donors (Lipinski definition) is 1. The molecule has 0 spiro atoms. The van der Waals surface area contributed by atoms with E-state index in [-0.39, 0.29) is 0 Å². The largest absolute Gasteiger partial charge is 0.497 e. The van der Waals surface area contributed by atoms with E-state index in [1.807, 2.05) is 18.2 Å². The van der Waals surface area contributed by atoms with Crippen LogP contribution in [0.3, 0.4) is 0 Å². The zero-order valence-corrected chi connectivity index (χ0v) is 10.6. The lowest BCUT2D eigenvalue weighted by molar-refractivity contribution is 0.407. The van der Waals surface area contributed by atoms with Crippen molar-refractivity contribution in [1.82, 2.24) is 4.98 Å². The molecule has 92 valence electrons. The summed E-state index contributed by atoms with van der Waals surface area (Å²) >= 11 is 4.85. The molecule has 1 aromatic carbocycles. The lowest BCUT2D eigenvalue weighted by Crippen LogP contribution is -2.09. The molecule has 0 atom stereocenters. The van der Waals surface area contributed by atoms with Gasteiger partial charge in [-0.1, -0.05) is 18.3 Å². The average Bonchev–Trinajstić information content (AvgIpc) is 2.39. The molecular weight excluding hydrogens is 248 g/mol. The predicted molar refractivity (Wildman–Crippen MR) is 73.2 cm³/mol. The van der Waals surface area contributed by atoms with Gasteiger partial charge in [-0.25, -0.2) is 4.98 Å². The Morgan fingerprint density at radius 3 is 2.61 bits per heavy atom. The smallest absolute Gasteiger partial charge is 0.219 e. The van der Waals surface area contributed by atoms with Gasteiger partial charge in [-0.15, -0.1) is 0 Å². The van der Waals surface area contributed by atoms with E-state index in [9.17, 15) is 0 Å². The molecule has 0 bridgehead atoms. The first-order valence-electron chi connectivity index (χ1n) is 5.27. The third-order valence-electron chi connectivity index (χ3n) is 2.28. The Morgan fingerprint density at radius 2 is 2.00 bits per heavy atom. The van der Waals surface area contributed by atoms with Crippen molar-refractivity contribution in [1.29, 1.82) is 0 Å². The first kappa shape index (κ1) is 12.3. The summed E-state index contributed by atoms with van der Waals surface area (Å²) in [7, 11) is 1.61. The van der Waals surface area contributed by atoms with Crippen LogP contribution in [0.25, 0.3) is 0 Å². The number of thiocarbonyl (C=S) groups is 1. The van der Waals surface area contributed by atoms with Crippen molar-refractivity contribution < 1.29 is 9.47 Å². The number of benzene rings is 1. The normalized spacial score (nSPS) is 9.83. The highest BCUT2D eigenvalue weighted by Crippen LogP contribution is 2.23. The van der Waals surface area contributed by atoms with Crippen LogP contribution >= 0.6 is 12.2 Å². The Kier molecular flexibility index (Phi) is 3.74. The van der Waals surface area contributed by atoms with Crippen molar-refractivity contribution in [3.8, 4) is 17.4 Å². The highest BCUT2D eigenvalue weighted by atomic mass is 32.1. The van der Waals surface area contributed by atoms with E-state index >= 15 is 0 Å². The number of ether oxygens (including phenoxy) is 2. The van der Waals surface area contributed by atoms with Gasteiger partial charge in [0.05, 0.1) is 7.11 Å². The monoisotopic (exact) mass is 260 g/mol. The number of nitrogens with zero attached hydrogens (tertiary/aromatic N) is 1. The van der Waals surface area contributed by atoms with Crippen LogP contribution in [0.15, 0.2) is 42.6 Å². The molecule has 1 aromatic heterocycles. The zero-order chi connectivity index (χ0) is 13.0. The van der Waals surface area contributed by atoms with Crippen molar-refractivity contribution in [2.24, 2.45) is 5.73 Å². The molecule has 0 aliphatic heterocycles. The third-order valence-corrected chi connectivity index (χ3v) is 2.52. The summed E-state index contributed by atoms with van der Waals surface area (Å²) in [5.74, 6) is 1.86.